The molecule has 0 unspecified atom stereocenters. The molecule has 0 radical (unpaired) electrons. The Kier molecular flexibility index (Phi) is 3.44. The van der Waals surface area contributed by atoms with Gasteiger partial charge in [0.05, 0.1) is 12.2 Å². The predicted octanol–water partition coefficient (Wildman–Crippen LogP) is 3.70. The minimum absolute atomic E-state index is 0.158. The molecule has 3 heteroatoms. The summed E-state index contributed by atoms with van der Waals surface area (Å²) in [5.74, 6) is 1.53. The molecule has 9 atom stereocenters. The summed E-state index contributed by atoms with van der Waals surface area (Å²) in [4.78, 5) is 0. The first-order valence-electron chi connectivity index (χ1n) is 9.38. The average Bonchev–Trinajstić information content (AvgIpc) is 2.71. The van der Waals surface area contributed by atoms with Gasteiger partial charge in [-0.15, -0.1) is 0 Å². The van der Waals surface area contributed by atoms with Crippen molar-refractivity contribution in [1.82, 2.24) is 0 Å². The molecule has 4 aliphatic carbocycles. The summed E-state index contributed by atoms with van der Waals surface area (Å²) >= 11 is 0. The van der Waals surface area contributed by atoms with Crippen LogP contribution in [0.2, 0.25) is 0 Å². The van der Waals surface area contributed by atoms with Crippen molar-refractivity contribution in [2.75, 3.05) is 0 Å². The molecular formula is C19H31FO2. The van der Waals surface area contributed by atoms with Crippen molar-refractivity contribution in [1.29, 1.82) is 0 Å². The van der Waals surface area contributed by atoms with Gasteiger partial charge in [0.1, 0.15) is 6.17 Å². The lowest BCUT2D eigenvalue weighted by Crippen LogP contribution is -2.58. The minimum atomic E-state index is -1.10. The van der Waals surface area contributed by atoms with E-state index in [2.05, 4.69) is 13.8 Å². The molecule has 4 aliphatic rings. The quantitative estimate of drug-likeness (QED) is 0.716. The fraction of sp³-hybridized carbons (Fsp3) is 1.00. The average molecular weight is 310 g/mol. The summed E-state index contributed by atoms with van der Waals surface area (Å²) in [6.45, 7) is 4.52. The number of alkyl halides is 1. The standard InChI is InChI=1S/C19H31FO2/c1-18-7-4-3-5-11(18)9-15(21)16-12(18)6-8-19(2)13(16)10-14(20)17(19)22/h11-17,21-22H,3-10H2,1-2H3/t11-,12+,13+,14-,15+,16-,17+,18+,19+/m1/s1. The van der Waals surface area contributed by atoms with E-state index in [1.807, 2.05) is 0 Å². The maximum absolute atomic E-state index is 14.2. The molecule has 0 aromatic rings. The summed E-state index contributed by atoms with van der Waals surface area (Å²) in [7, 11) is 0. The number of aliphatic hydroxyl groups excluding tert-OH is 2. The number of fused-ring (bicyclic) bond motifs is 5. The van der Waals surface area contributed by atoms with Crippen molar-refractivity contribution in [2.45, 2.75) is 83.6 Å². The third-order valence-corrected chi connectivity index (χ3v) is 8.54. The van der Waals surface area contributed by atoms with E-state index in [1.54, 1.807) is 0 Å². The highest BCUT2D eigenvalue weighted by molar-refractivity contribution is 5.12. The van der Waals surface area contributed by atoms with E-state index in [4.69, 9.17) is 0 Å². The zero-order valence-electron chi connectivity index (χ0n) is 14.0. The number of rotatable bonds is 0. The Morgan fingerprint density at radius 3 is 2.45 bits per heavy atom. The van der Waals surface area contributed by atoms with E-state index in [9.17, 15) is 14.6 Å². The van der Waals surface area contributed by atoms with Crippen molar-refractivity contribution < 1.29 is 14.6 Å². The lowest BCUT2D eigenvalue weighted by molar-refractivity contribution is -0.168. The van der Waals surface area contributed by atoms with Crippen LogP contribution in [0.25, 0.3) is 0 Å². The second-order valence-corrected chi connectivity index (χ2v) is 9.28. The van der Waals surface area contributed by atoms with Crippen molar-refractivity contribution in [3.05, 3.63) is 0 Å². The number of hydrogen-bond donors (Lipinski definition) is 2. The van der Waals surface area contributed by atoms with Gasteiger partial charge in [-0.1, -0.05) is 26.7 Å². The topological polar surface area (TPSA) is 40.5 Å². The second kappa shape index (κ2) is 4.92. The molecule has 0 aromatic carbocycles. The first kappa shape index (κ1) is 15.4. The third kappa shape index (κ3) is 1.84. The van der Waals surface area contributed by atoms with Gasteiger partial charge in [-0.25, -0.2) is 4.39 Å². The molecule has 4 saturated carbocycles. The molecule has 2 nitrogen and oxygen atoms in total. The maximum atomic E-state index is 14.2. The molecule has 0 bridgehead atoms. The molecule has 126 valence electrons. The van der Waals surface area contributed by atoms with Crippen molar-refractivity contribution in [3.63, 3.8) is 0 Å². The fourth-order valence-electron chi connectivity index (χ4n) is 7.20. The van der Waals surface area contributed by atoms with E-state index in [1.165, 1.54) is 25.7 Å². The largest absolute Gasteiger partial charge is 0.393 e. The molecule has 0 spiro atoms. The minimum Gasteiger partial charge on any atom is -0.393 e. The maximum Gasteiger partial charge on any atom is 0.127 e. The third-order valence-electron chi connectivity index (χ3n) is 8.54. The van der Waals surface area contributed by atoms with Crippen LogP contribution < -0.4 is 0 Å². The Bertz CT molecular complexity index is 455. The summed E-state index contributed by atoms with van der Waals surface area (Å²) in [5.41, 5.74) is 0.0161. The van der Waals surface area contributed by atoms with Gasteiger partial charge in [0.25, 0.3) is 0 Å². The summed E-state index contributed by atoms with van der Waals surface area (Å²) < 4.78 is 14.2. The molecule has 0 heterocycles. The zero-order chi connectivity index (χ0) is 15.7. The number of hydrogen-bond acceptors (Lipinski definition) is 2. The lowest BCUT2D eigenvalue weighted by atomic mass is 9.44. The van der Waals surface area contributed by atoms with Gasteiger partial charge in [0, 0.05) is 0 Å². The van der Waals surface area contributed by atoms with E-state index in [-0.39, 0.29) is 23.4 Å². The van der Waals surface area contributed by atoms with E-state index >= 15 is 0 Å². The van der Waals surface area contributed by atoms with Gasteiger partial charge < -0.3 is 10.2 Å². The van der Waals surface area contributed by atoms with Crippen LogP contribution in [0.3, 0.4) is 0 Å². The Morgan fingerprint density at radius 2 is 1.68 bits per heavy atom. The predicted molar refractivity (Wildman–Crippen MR) is 84.0 cm³/mol. The van der Waals surface area contributed by atoms with Crippen LogP contribution in [0.4, 0.5) is 4.39 Å². The van der Waals surface area contributed by atoms with Crippen molar-refractivity contribution >= 4 is 0 Å². The molecule has 0 saturated heterocycles. The molecule has 4 rings (SSSR count). The van der Waals surface area contributed by atoms with Crippen molar-refractivity contribution in [2.24, 2.45) is 34.5 Å². The van der Waals surface area contributed by atoms with Crippen LogP contribution in [0.1, 0.15) is 65.2 Å². The van der Waals surface area contributed by atoms with Crippen LogP contribution in [0, 0.1) is 34.5 Å². The van der Waals surface area contributed by atoms with Gasteiger partial charge in [-0.05, 0) is 73.0 Å². The van der Waals surface area contributed by atoms with Crippen LogP contribution in [0.15, 0.2) is 0 Å². The smallest absolute Gasteiger partial charge is 0.127 e. The molecule has 0 aliphatic heterocycles. The zero-order valence-corrected chi connectivity index (χ0v) is 14.0. The molecule has 0 aromatic heterocycles. The highest BCUT2D eigenvalue weighted by atomic mass is 19.1. The highest BCUT2D eigenvalue weighted by Crippen LogP contribution is 2.66. The summed E-state index contributed by atoms with van der Waals surface area (Å²) in [6, 6.07) is 0. The van der Waals surface area contributed by atoms with Crippen LogP contribution in [0.5, 0.6) is 0 Å². The van der Waals surface area contributed by atoms with Crippen LogP contribution in [-0.2, 0) is 0 Å². The lowest BCUT2D eigenvalue weighted by Gasteiger charge is -2.61. The van der Waals surface area contributed by atoms with Gasteiger partial charge >= 0.3 is 0 Å². The van der Waals surface area contributed by atoms with Gasteiger partial charge in [-0.3, -0.25) is 0 Å². The monoisotopic (exact) mass is 310 g/mol. The second-order valence-electron chi connectivity index (χ2n) is 9.28. The molecular weight excluding hydrogens is 279 g/mol. The number of aliphatic hydroxyl groups is 2. The molecule has 22 heavy (non-hydrogen) atoms. The molecule has 2 N–H and O–H groups in total. The van der Waals surface area contributed by atoms with Crippen LogP contribution >= 0.6 is 0 Å². The van der Waals surface area contributed by atoms with E-state index in [0.29, 0.717) is 23.7 Å². The first-order valence-corrected chi connectivity index (χ1v) is 9.38. The highest BCUT2D eigenvalue weighted by Gasteiger charge is 2.64. The SMILES string of the molecule is C[C@]12CCCC[C@@H]1C[C@H](O)[C@@H]1[C@@H]2CC[C@]2(C)[C@@H](O)[C@H](F)C[C@@H]12. The Morgan fingerprint density at radius 1 is 0.909 bits per heavy atom. The Balaban J connectivity index is 1.70. The summed E-state index contributed by atoms with van der Waals surface area (Å²) in [6.07, 6.45) is 6.27. The number of halogens is 1. The molecule has 0 amide bonds. The van der Waals surface area contributed by atoms with Crippen molar-refractivity contribution in [3.8, 4) is 0 Å². The van der Waals surface area contributed by atoms with Gasteiger partial charge in [0.2, 0.25) is 0 Å². The molecule has 4 fully saturated rings. The fourth-order valence-corrected chi connectivity index (χ4v) is 7.20. The van der Waals surface area contributed by atoms with Gasteiger partial charge in [-0.2, -0.15) is 0 Å². The van der Waals surface area contributed by atoms with E-state index < -0.39 is 12.3 Å². The Hall–Kier alpha value is -0.150. The normalized spacial score (nSPS) is 61.2. The van der Waals surface area contributed by atoms with Gasteiger partial charge in [0.15, 0.2) is 0 Å². The Labute approximate surface area is 133 Å². The first-order chi connectivity index (χ1) is 10.4. The van der Waals surface area contributed by atoms with Crippen LogP contribution in [-0.4, -0.2) is 28.6 Å². The van der Waals surface area contributed by atoms with E-state index in [0.717, 1.165) is 19.3 Å². The summed E-state index contributed by atoms with van der Waals surface area (Å²) in [5, 5.41) is 21.3.